The lowest BCUT2D eigenvalue weighted by Crippen LogP contribution is -2.47. The first kappa shape index (κ1) is 34.0. The van der Waals surface area contributed by atoms with E-state index >= 15 is 0 Å². The van der Waals surface area contributed by atoms with Crippen LogP contribution in [0.4, 0.5) is 13.2 Å². The summed E-state index contributed by atoms with van der Waals surface area (Å²) in [5.74, 6) is -0.583. The van der Waals surface area contributed by atoms with E-state index < -0.39 is 44.1 Å². The van der Waals surface area contributed by atoms with Gasteiger partial charge in [-0.05, 0) is 86.1 Å². The lowest BCUT2D eigenvalue weighted by atomic mass is 9.82. The van der Waals surface area contributed by atoms with E-state index in [-0.39, 0.29) is 43.5 Å². The minimum atomic E-state index is -4.80. The van der Waals surface area contributed by atoms with Gasteiger partial charge in [-0.2, -0.15) is 17.5 Å². The molecule has 0 fully saturated rings. The summed E-state index contributed by atoms with van der Waals surface area (Å²) >= 11 is 0. The lowest BCUT2D eigenvalue weighted by molar-refractivity contribution is -0.140. The molecule has 3 N–H and O–H groups in total. The van der Waals surface area contributed by atoms with Crippen LogP contribution < -0.4 is 5.32 Å². The number of aliphatic carboxylic acids is 1. The molecule has 0 aliphatic heterocycles. The zero-order chi connectivity index (χ0) is 31.5. The zero-order valence-electron chi connectivity index (χ0n) is 25.0. The Morgan fingerprint density at radius 1 is 1.07 bits per heavy atom. The van der Waals surface area contributed by atoms with Gasteiger partial charge >= 0.3 is 12.1 Å². The molecule has 0 radical (unpaired) electrons. The molecule has 0 saturated carbocycles. The second-order valence-corrected chi connectivity index (χ2v) is 15.0. The van der Waals surface area contributed by atoms with Crippen LogP contribution in [-0.2, 0) is 40.3 Å². The number of β-amino-alcohol motifs (C(OH)–C–C–N with tert-alkyl or cyclic N) is 1. The minimum absolute atomic E-state index is 0.0571. The highest BCUT2D eigenvalue weighted by Crippen LogP contribution is 2.37. The summed E-state index contributed by atoms with van der Waals surface area (Å²) in [6.07, 6.45) is -3.12. The van der Waals surface area contributed by atoms with E-state index in [2.05, 4.69) is 17.4 Å². The molecule has 1 aliphatic carbocycles. The molecule has 7 nitrogen and oxygen atoms in total. The number of nitrogens with one attached hydrogen (secondary N) is 1. The zero-order valence-corrected chi connectivity index (χ0v) is 25.8. The van der Waals surface area contributed by atoms with Gasteiger partial charge in [0.15, 0.2) is 0 Å². The molecule has 2 aromatic carbocycles. The van der Waals surface area contributed by atoms with Crippen LogP contribution in [0.3, 0.4) is 0 Å². The summed E-state index contributed by atoms with van der Waals surface area (Å²) in [5.41, 5.74) is 0.491. The molecule has 0 amide bonds. The third kappa shape index (κ3) is 9.26. The number of halogens is 3. The van der Waals surface area contributed by atoms with Crippen molar-refractivity contribution < 1.29 is 36.6 Å². The Hall–Kier alpha value is -2.47. The van der Waals surface area contributed by atoms with Crippen molar-refractivity contribution in [1.82, 2.24) is 9.62 Å². The van der Waals surface area contributed by atoms with Crippen molar-refractivity contribution in [3.63, 3.8) is 0 Å². The fourth-order valence-electron chi connectivity index (χ4n) is 5.79. The largest absolute Gasteiger partial charge is 0.481 e. The number of sulfonamides is 1. The summed E-state index contributed by atoms with van der Waals surface area (Å²) < 4.78 is 69.1. The van der Waals surface area contributed by atoms with Gasteiger partial charge < -0.3 is 15.5 Å². The summed E-state index contributed by atoms with van der Waals surface area (Å²) in [5, 5.41) is 23.0. The number of aliphatic hydroxyl groups is 1. The Labute approximate surface area is 247 Å². The Morgan fingerprint density at radius 2 is 1.67 bits per heavy atom. The number of hydrogen-bond acceptors (Lipinski definition) is 5. The van der Waals surface area contributed by atoms with Crippen molar-refractivity contribution in [3.8, 4) is 0 Å². The molecular formula is C31H43F3N2O5S. The van der Waals surface area contributed by atoms with Gasteiger partial charge in [-0.25, -0.2) is 8.42 Å². The average molecular weight is 613 g/mol. The van der Waals surface area contributed by atoms with E-state index in [9.17, 15) is 31.5 Å². The molecule has 11 heteroatoms. The number of aliphatic hydroxyl groups excluding tert-OH is 1. The number of likely N-dealkylation sites (N-methyl/N-ethyl adjacent to an activating group) is 1. The molecule has 0 saturated heterocycles. The quantitative estimate of drug-likeness (QED) is 0.268. The fourth-order valence-corrected chi connectivity index (χ4v) is 7.03. The molecule has 0 aromatic heterocycles. The summed E-state index contributed by atoms with van der Waals surface area (Å²) in [4.78, 5) is 10.6. The first-order valence-electron chi connectivity index (χ1n) is 14.2. The van der Waals surface area contributed by atoms with Gasteiger partial charge in [0.25, 0.3) is 0 Å². The van der Waals surface area contributed by atoms with Gasteiger partial charge in [0, 0.05) is 25.7 Å². The molecule has 0 heterocycles. The predicted molar refractivity (Wildman–Crippen MR) is 156 cm³/mol. The number of carbonyl (C=O) groups is 1. The molecule has 42 heavy (non-hydrogen) atoms. The minimum Gasteiger partial charge on any atom is -0.481 e. The number of carboxylic acids is 1. The molecule has 0 bridgehead atoms. The van der Waals surface area contributed by atoms with Crippen molar-refractivity contribution in [2.24, 2.45) is 11.3 Å². The monoisotopic (exact) mass is 612 g/mol. The smallest absolute Gasteiger partial charge is 0.416 e. The van der Waals surface area contributed by atoms with Gasteiger partial charge in [0.1, 0.15) is 0 Å². The number of alkyl halides is 3. The SMILES string of the molecule is CN(CC(O)CNC(C)(C)CC1Cc2ccccc2C1)S(=O)(=O)c1ccc(CCC(C)(C)CC(=O)O)c(C(F)(F)F)c1. The van der Waals surface area contributed by atoms with E-state index in [1.165, 1.54) is 18.2 Å². The second kappa shape index (κ2) is 13.0. The van der Waals surface area contributed by atoms with Crippen LogP contribution in [-0.4, -0.2) is 60.7 Å². The van der Waals surface area contributed by atoms with E-state index in [0.717, 1.165) is 35.7 Å². The fraction of sp³-hybridized carbons (Fsp3) is 0.581. The van der Waals surface area contributed by atoms with Crippen molar-refractivity contribution in [2.75, 3.05) is 20.1 Å². The van der Waals surface area contributed by atoms with Gasteiger partial charge in [-0.15, -0.1) is 0 Å². The molecule has 2 aromatic rings. The topological polar surface area (TPSA) is 107 Å². The summed E-state index contributed by atoms with van der Waals surface area (Å²) in [6, 6.07) is 11.3. The van der Waals surface area contributed by atoms with E-state index in [0.29, 0.717) is 12.0 Å². The summed E-state index contributed by atoms with van der Waals surface area (Å²) in [7, 11) is -3.10. The molecule has 3 rings (SSSR count). The van der Waals surface area contributed by atoms with Crippen LogP contribution in [0.1, 0.15) is 69.2 Å². The van der Waals surface area contributed by atoms with Crippen molar-refractivity contribution in [1.29, 1.82) is 0 Å². The number of aryl methyl sites for hydroxylation is 1. The van der Waals surface area contributed by atoms with Crippen LogP contribution in [0.5, 0.6) is 0 Å². The number of nitrogens with zero attached hydrogens (tertiary/aromatic N) is 1. The average Bonchev–Trinajstić information content (AvgIpc) is 3.26. The maximum absolute atomic E-state index is 13.9. The Kier molecular flexibility index (Phi) is 10.6. The molecule has 0 spiro atoms. The molecule has 1 atom stereocenters. The normalized spacial score (nSPS) is 15.7. The van der Waals surface area contributed by atoms with E-state index in [4.69, 9.17) is 5.11 Å². The highest BCUT2D eigenvalue weighted by Gasteiger charge is 2.36. The Bertz CT molecular complexity index is 1330. The lowest BCUT2D eigenvalue weighted by Gasteiger charge is -2.31. The number of fused-ring (bicyclic) bond motifs is 1. The third-order valence-corrected chi connectivity index (χ3v) is 9.83. The standard InChI is InChI=1S/C31H43F3N2O5S/c1-29(2,18-28(38)39)13-12-22-10-11-26(16-27(22)31(32,33)34)42(40,41)36(5)20-25(37)19-35-30(3,4)17-21-14-23-8-6-7-9-24(23)15-21/h6-11,16,21,25,35,37H,12-15,17-20H2,1-5H3,(H,38,39). The highest BCUT2D eigenvalue weighted by atomic mass is 32.2. The number of carboxylic acid groups (broad SMARTS) is 1. The van der Waals surface area contributed by atoms with Crippen molar-refractivity contribution in [3.05, 3.63) is 64.7 Å². The molecular weight excluding hydrogens is 569 g/mol. The van der Waals surface area contributed by atoms with E-state index in [1.807, 2.05) is 26.0 Å². The van der Waals surface area contributed by atoms with Crippen LogP contribution in [0.25, 0.3) is 0 Å². The highest BCUT2D eigenvalue weighted by molar-refractivity contribution is 7.89. The predicted octanol–water partition coefficient (Wildman–Crippen LogP) is 5.29. The van der Waals surface area contributed by atoms with E-state index in [1.54, 1.807) is 13.8 Å². The first-order chi connectivity index (χ1) is 19.3. The van der Waals surface area contributed by atoms with Crippen LogP contribution in [0, 0.1) is 11.3 Å². The van der Waals surface area contributed by atoms with Gasteiger partial charge in [-0.3, -0.25) is 4.79 Å². The Morgan fingerprint density at radius 3 is 2.21 bits per heavy atom. The van der Waals surface area contributed by atoms with Crippen LogP contribution in [0.15, 0.2) is 47.4 Å². The third-order valence-electron chi connectivity index (χ3n) is 8.01. The number of rotatable bonds is 14. The first-order valence-corrected chi connectivity index (χ1v) is 15.6. The molecule has 1 aliphatic rings. The van der Waals surface area contributed by atoms with Crippen LogP contribution in [0.2, 0.25) is 0 Å². The number of benzene rings is 2. The van der Waals surface area contributed by atoms with Crippen molar-refractivity contribution >= 4 is 16.0 Å². The summed E-state index contributed by atoms with van der Waals surface area (Å²) in [6.45, 7) is 7.21. The molecule has 234 valence electrons. The number of hydrogen-bond donors (Lipinski definition) is 3. The van der Waals surface area contributed by atoms with Crippen LogP contribution >= 0.6 is 0 Å². The maximum Gasteiger partial charge on any atom is 0.416 e. The Balaban J connectivity index is 1.62. The maximum atomic E-state index is 13.9. The van der Waals surface area contributed by atoms with Gasteiger partial charge in [0.05, 0.1) is 23.0 Å². The van der Waals surface area contributed by atoms with Gasteiger partial charge in [0.2, 0.25) is 10.0 Å². The second-order valence-electron chi connectivity index (χ2n) is 13.0. The van der Waals surface area contributed by atoms with Crippen molar-refractivity contribution in [2.45, 2.75) is 88.9 Å². The van der Waals surface area contributed by atoms with Gasteiger partial charge in [-0.1, -0.05) is 44.2 Å². The molecule has 1 unspecified atom stereocenters.